The molecule has 0 saturated heterocycles. The molecule has 0 aliphatic heterocycles. The van der Waals surface area contributed by atoms with Gasteiger partial charge in [0.05, 0.1) is 0 Å². The smallest absolute Gasteiger partial charge is 0.255 e. The lowest BCUT2D eigenvalue weighted by atomic mass is 9.91. The van der Waals surface area contributed by atoms with Crippen molar-refractivity contribution < 1.29 is 0 Å². The normalized spacial score (nSPS) is 16.5. The maximum absolute atomic E-state index is 12.2. The molecule has 1 aromatic heterocycles. The predicted molar refractivity (Wildman–Crippen MR) is 65.6 cm³/mol. The van der Waals surface area contributed by atoms with Gasteiger partial charge in [0.2, 0.25) is 0 Å². The second-order valence-corrected chi connectivity index (χ2v) is 4.90. The number of hydrogen-bond donors (Lipinski definition) is 1. The maximum atomic E-state index is 12.2. The van der Waals surface area contributed by atoms with Crippen molar-refractivity contribution >= 4 is 0 Å². The zero-order chi connectivity index (χ0) is 11.7. The number of nitrogens with zero attached hydrogens (tertiary/aromatic N) is 1. The fourth-order valence-corrected chi connectivity index (χ4v) is 2.26. The van der Waals surface area contributed by atoms with Crippen LogP contribution in [0.1, 0.15) is 56.3 Å². The molecule has 1 aliphatic carbocycles. The zero-order valence-electron chi connectivity index (χ0n) is 10.1. The lowest BCUT2D eigenvalue weighted by Gasteiger charge is -2.31. The number of nitrogens with two attached hydrogens (primary N) is 1. The Balaban J connectivity index is 2.54. The molecule has 0 amide bonds. The molecule has 1 aromatic rings. The molecule has 0 spiro atoms. The largest absolute Gasteiger partial charge is 0.326 e. The van der Waals surface area contributed by atoms with Crippen LogP contribution >= 0.6 is 0 Å². The monoisotopic (exact) mass is 220 g/mol. The average molecular weight is 220 g/mol. The summed E-state index contributed by atoms with van der Waals surface area (Å²) in [4.78, 5) is 12.2. The van der Waals surface area contributed by atoms with E-state index < -0.39 is 0 Å². The van der Waals surface area contributed by atoms with Gasteiger partial charge in [0.25, 0.3) is 5.56 Å². The average Bonchev–Trinajstić information content (AvgIpc) is 2.17. The minimum Gasteiger partial charge on any atom is -0.326 e. The standard InChI is InChI=1S/C13H20N2O/c1-9(2)12-7-6-10(8-14)13(16)15(12)11-4-3-5-11/h6-7,9,11H,3-5,8,14H2,1-2H3. The molecule has 0 bridgehead atoms. The van der Waals surface area contributed by atoms with Crippen molar-refractivity contribution in [3.8, 4) is 0 Å². The Morgan fingerprint density at radius 3 is 2.56 bits per heavy atom. The van der Waals surface area contributed by atoms with Crippen LogP contribution in [0.25, 0.3) is 0 Å². The summed E-state index contributed by atoms with van der Waals surface area (Å²) in [6, 6.07) is 4.36. The van der Waals surface area contributed by atoms with Crippen molar-refractivity contribution in [2.24, 2.45) is 5.73 Å². The highest BCUT2D eigenvalue weighted by Crippen LogP contribution is 2.32. The van der Waals surface area contributed by atoms with E-state index in [4.69, 9.17) is 5.73 Å². The third kappa shape index (κ3) is 1.80. The number of pyridine rings is 1. The van der Waals surface area contributed by atoms with Crippen LogP contribution in [-0.2, 0) is 6.54 Å². The van der Waals surface area contributed by atoms with Crippen molar-refractivity contribution in [2.75, 3.05) is 0 Å². The molecule has 0 unspecified atom stereocenters. The molecular formula is C13H20N2O. The van der Waals surface area contributed by atoms with Crippen LogP contribution in [0, 0.1) is 0 Å². The van der Waals surface area contributed by atoms with Gasteiger partial charge in [-0.3, -0.25) is 4.79 Å². The van der Waals surface area contributed by atoms with E-state index in [1.54, 1.807) is 0 Å². The first-order valence-corrected chi connectivity index (χ1v) is 6.09. The van der Waals surface area contributed by atoms with Gasteiger partial charge in [0.15, 0.2) is 0 Å². The Labute approximate surface area is 96.3 Å². The van der Waals surface area contributed by atoms with Gasteiger partial charge in [-0.2, -0.15) is 0 Å². The van der Waals surface area contributed by atoms with E-state index in [1.165, 1.54) is 6.42 Å². The third-order valence-electron chi connectivity index (χ3n) is 3.48. The topological polar surface area (TPSA) is 48.0 Å². The van der Waals surface area contributed by atoms with Crippen LogP contribution in [0.4, 0.5) is 0 Å². The van der Waals surface area contributed by atoms with Gasteiger partial charge in [-0.25, -0.2) is 0 Å². The van der Waals surface area contributed by atoms with Crippen molar-refractivity contribution in [3.63, 3.8) is 0 Å². The maximum Gasteiger partial charge on any atom is 0.255 e. The van der Waals surface area contributed by atoms with Crippen LogP contribution in [0.5, 0.6) is 0 Å². The van der Waals surface area contributed by atoms with E-state index >= 15 is 0 Å². The summed E-state index contributed by atoms with van der Waals surface area (Å²) >= 11 is 0. The van der Waals surface area contributed by atoms with Gasteiger partial charge >= 0.3 is 0 Å². The quantitative estimate of drug-likeness (QED) is 0.848. The van der Waals surface area contributed by atoms with E-state index in [9.17, 15) is 4.79 Å². The second kappa shape index (κ2) is 4.42. The summed E-state index contributed by atoms with van der Waals surface area (Å²) in [6.45, 7) is 4.60. The minimum atomic E-state index is 0.124. The Hall–Kier alpha value is -1.09. The first-order valence-electron chi connectivity index (χ1n) is 6.09. The zero-order valence-corrected chi connectivity index (χ0v) is 10.1. The van der Waals surface area contributed by atoms with E-state index in [-0.39, 0.29) is 5.56 Å². The van der Waals surface area contributed by atoms with Crippen molar-refractivity contribution in [3.05, 3.63) is 33.7 Å². The van der Waals surface area contributed by atoms with Gasteiger partial charge in [-0.05, 0) is 31.2 Å². The molecule has 3 nitrogen and oxygen atoms in total. The second-order valence-electron chi connectivity index (χ2n) is 4.90. The lowest BCUT2D eigenvalue weighted by molar-refractivity contribution is 0.295. The van der Waals surface area contributed by atoms with E-state index in [1.807, 2.05) is 10.6 Å². The van der Waals surface area contributed by atoms with E-state index in [2.05, 4.69) is 19.9 Å². The summed E-state index contributed by atoms with van der Waals surface area (Å²) in [6.07, 6.45) is 3.50. The summed E-state index contributed by atoms with van der Waals surface area (Å²) in [7, 11) is 0. The van der Waals surface area contributed by atoms with Crippen LogP contribution in [-0.4, -0.2) is 4.57 Å². The van der Waals surface area contributed by atoms with Crippen molar-refractivity contribution in [1.29, 1.82) is 0 Å². The fraction of sp³-hybridized carbons (Fsp3) is 0.615. The first-order chi connectivity index (χ1) is 7.65. The summed E-state index contributed by atoms with van der Waals surface area (Å²) in [5, 5.41) is 0. The molecule has 2 N–H and O–H groups in total. The molecule has 16 heavy (non-hydrogen) atoms. The van der Waals surface area contributed by atoms with Gasteiger partial charge < -0.3 is 10.3 Å². The Morgan fingerprint density at radius 1 is 1.44 bits per heavy atom. The molecule has 2 rings (SSSR count). The molecule has 1 heterocycles. The molecule has 1 aliphatic rings. The third-order valence-corrected chi connectivity index (χ3v) is 3.48. The molecular weight excluding hydrogens is 200 g/mol. The molecule has 1 saturated carbocycles. The van der Waals surface area contributed by atoms with Gasteiger partial charge in [0.1, 0.15) is 0 Å². The predicted octanol–water partition coefficient (Wildman–Crippen LogP) is 2.16. The molecule has 0 radical (unpaired) electrons. The first kappa shape index (κ1) is 11.4. The summed E-state index contributed by atoms with van der Waals surface area (Å²) < 4.78 is 1.98. The molecule has 3 heteroatoms. The van der Waals surface area contributed by atoms with Crippen LogP contribution in [0.2, 0.25) is 0 Å². The summed E-state index contributed by atoms with van der Waals surface area (Å²) in [5.41, 5.74) is 7.59. The Kier molecular flexibility index (Phi) is 3.15. The van der Waals surface area contributed by atoms with Gasteiger partial charge in [-0.15, -0.1) is 0 Å². The van der Waals surface area contributed by atoms with E-state index in [0.717, 1.165) is 24.1 Å². The van der Waals surface area contributed by atoms with Gasteiger partial charge in [-0.1, -0.05) is 19.9 Å². The fourth-order valence-electron chi connectivity index (χ4n) is 2.26. The van der Waals surface area contributed by atoms with Crippen LogP contribution in [0.15, 0.2) is 16.9 Å². The Bertz CT molecular complexity index is 430. The molecule has 0 atom stereocenters. The molecule has 88 valence electrons. The SMILES string of the molecule is CC(C)c1ccc(CN)c(=O)n1C1CCC1. The molecule has 1 fully saturated rings. The van der Waals surface area contributed by atoms with Crippen LogP contribution in [0.3, 0.4) is 0 Å². The number of aromatic nitrogens is 1. The summed E-state index contributed by atoms with van der Waals surface area (Å²) in [5.74, 6) is 0.389. The minimum absolute atomic E-state index is 0.124. The number of rotatable bonds is 3. The van der Waals surface area contributed by atoms with Crippen molar-refractivity contribution in [1.82, 2.24) is 4.57 Å². The lowest BCUT2D eigenvalue weighted by Crippen LogP contribution is -2.34. The van der Waals surface area contributed by atoms with Gasteiger partial charge in [0, 0.05) is 23.8 Å². The molecule has 0 aromatic carbocycles. The Morgan fingerprint density at radius 2 is 2.12 bits per heavy atom. The highest BCUT2D eigenvalue weighted by molar-refractivity contribution is 5.19. The highest BCUT2D eigenvalue weighted by Gasteiger charge is 2.24. The van der Waals surface area contributed by atoms with E-state index in [0.29, 0.717) is 18.5 Å². The van der Waals surface area contributed by atoms with Crippen molar-refractivity contribution in [2.45, 2.75) is 51.6 Å². The number of hydrogen-bond acceptors (Lipinski definition) is 2. The van der Waals surface area contributed by atoms with Crippen LogP contribution < -0.4 is 11.3 Å². The highest BCUT2D eigenvalue weighted by atomic mass is 16.1.